The Balaban J connectivity index is 0.000000188. The summed E-state index contributed by atoms with van der Waals surface area (Å²) in [5, 5.41) is 10.8. The maximum Gasteiger partial charge on any atom is 0.338 e. The molecule has 0 atom stereocenters. The van der Waals surface area contributed by atoms with Gasteiger partial charge in [0.2, 0.25) is 0 Å². The highest BCUT2D eigenvalue weighted by Gasteiger charge is 2.17. The average Bonchev–Trinajstić information content (AvgIpc) is 3.71. The van der Waals surface area contributed by atoms with E-state index in [1.54, 1.807) is 44.2 Å². The molecule has 48 heavy (non-hydrogen) atoms. The Morgan fingerprint density at radius 2 is 1.10 bits per heavy atom. The van der Waals surface area contributed by atoms with Crippen LogP contribution in [0, 0.1) is 23.3 Å². The molecule has 0 bridgehead atoms. The van der Waals surface area contributed by atoms with E-state index in [2.05, 4.69) is 15.9 Å². The van der Waals surface area contributed by atoms with Crippen molar-refractivity contribution in [3.63, 3.8) is 0 Å². The van der Waals surface area contributed by atoms with Crippen molar-refractivity contribution in [1.82, 2.24) is 0 Å². The third-order valence-corrected chi connectivity index (χ3v) is 10.4. The molecule has 6 aromatic rings. The lowest BCUT2D eigenvalue weighted by molar-refractivity contribution is 0.0516. The average molecular weight is 760 g/mol. The second-order valence-electron chi connectivity index (χ2n) is 10.3. The maximum absolute atomic E-state index is 14.1. The van der Waals surface area contributed by atoms with Crippen LogP contribution in [0.3, 0.4) is 0 Å². The van der Waals surface area contributed by atoms with Crippen LogP contribution in [0.4, 0.5) is 17.6 Å². The fourth-order valence-electron chi connectivity index (χ4n) is 5.04. The number of aliphatic hydroxyl groups excluding tert-OH is 1. The van der Waals surface area contributed by atoms with Crippen molar-refractivity contribution in [2.24, 2.45) is 0 Å². The van der Waals surface area contributed by atoms with E-state index >= 15 is 0 Å². The fraction of sp³-hybridized carbons (Fsp3) is 0.167. The first-order chi connectivity index (χ1) is 23.1. The zero-order chi connectivity index (χ0) is 34.5. The van der Waals surface area contributed by atoms with Crippen molar-refractivity contribution in [3.8, 4) is 22.3 Å². The number of halogens is 5. The van der Waals surface area contributed by atoms with Crippen LogP contribution >= 0.6 is 38.6 Å². The van der Waals surface area contributed by atoms with Gasteiger partial charge in [0.05, 0.1) is 30.9 Å². The largest absolute Gasteiger partial charge is 0.462 e. The molecule has 0 aliphatic rings. The Hall–Kier alpha value is -4.10. The fourth-order valence-corrected chi connectivity index (χ4v) is 7.66. The zero-order valence-electron chi connectivity index (χ0n) is 25.5. The van der Waals surface area contributed by atoms with Crippen LogP contribution in [0.1, 0.15) is 44.3 Å². The summed E-state index contributed by atoms with van der Waals surface area (Å²) in [6, 6.07) is 17.1. The minimum Gasteiger partial charge on any atom is -0.462 e. The summed E-state index contributed by atoms with van der Waals surface area (Å²) >= 11 is 6.04. The third-order valence-electron chi connectivity index (χ3n) is 7.09. The standard InChI is InChI=1S/C18H13BrF2O2S.C18H14F2O3S/c1-2-23-18(22)11-5-10(6-12(20)7-11)14-3-4-16(21)15-8-13(9-19)24-17(14)15;1-2-23-18(22)11-5-10(6-12(19)7-11)14-3-4-16(20)15-8-13(9-21)24-17(14)15/h3-8H,2,9H2,1H3;3-8,21H,2,9H2,1H3. The zero-order valence-corrected chi connectivity index (χ0v) is 28.8. The highest BCUT2D eigenvalue weighted by atomic mass is 79.9. The van der Waals surface area contributed by atoms with Gasteiger partial charge in [-0.2, -0.15) is 0 Å². The molecular formula is C36H27BrF4O5S2. The van der Waals surface area contributed by atoms with Gasteiger partial charge < -0.3 is 14.6 Å². The quantitative estimate of drug-likeness (QED) is 0.0951. The van der Waals surface area contributed by atoms with E-state index in [0.29, 0.717) is 47.9 Å². The number of hydrogen-bond acceptors (Lipinski definition) is 7. The minimum absolute atomic E-state index is 0.100. The van der Waals surface area contributed by atoms with Crippen molar-refractivity contribution >= 4 is 70.7 Å². The molecule has 0 unspecified atom stereocenters. The van der Waals surface area contributed by atoms with Crippen molar-refractivity contribution < 1.29 is 41.7 Å². The molecule has 248 valence electrons. The Labute approximate surface area is 289 Å². The lowest BCUT2D eigenvalue weighted by atomic mass is 10.0. The van der Waals surface area contributed by atoms with E-state index in [1.807, 2.05) is 0 Å². The van der Waals surface area contributed by atoms with Crippen LogP contribution in [0.5, 0.6) is 0 Å². The SMILES string of the molecule is CCOC(=O)c1cc(F)cc(-c2ccc(F)c3cc(CBr)sc23)c1.CCOC(=O)c1cc(F)cc(-c2ccc(F)c3cc(CO)sc23)c1. The molecule has 0 aliphatic carbocycles. The summed E-state index contributed by atoms with van der Waals surface area (Å²) in [7, 11) is 0. The van der Waals surface area contributed by atoms with Crippen LogP contribution < -0.4 is 0 Å². The molecule has 0 fully saturated rings. The molecule has 0 radical (unpaired) electrons. The second-order valence-corrected chi connectivity index (χ2v) is 13.1. The van der Waals surface area contributed by atoms with E-state index < -0.39 is 29.4 Å². The summed E-state index contributed by atoms with van der Waals surface area (Å²) in [5.74, 6) is -3.04. The van der Waals surface area contributed by atoms with Crippen molar-refractivity contribution in [1.29, 1.82) is 0 Å². The Morgan fingerprint density at radius 3 is 1.52 bits per heavy atom. The van der Waals surface area contributed by atoms with E-state index in [4.69, 9.17) is 9.47 Å². The van der Waals surface area contributed by atoms with Crippen molar-refractivity contribution in [3.05, 3.63) is 117 Å². The molecule has 12 heteroatoms. The number of carbonyl (C=O) groups excluding carboxylic acids is 2. The molecule has 4 aromatic carbocycles. The number of rotatable bonds is 8. The van der Waals surface area contributed by atoms with E-state index in [0.717, 1.165) is 21.7 Å². The lowest BCUT2D eigenvalue weighted by Crippen LogP contribution is -2.05. The van der Waals surface area contributed by atoms with Gasteiger partial charge in [0.15, 0.2) is 0 Å². The van der Waals surface area contributed by atoms with E-state index in [9.17, 15) is 32.3 Å². The van der Waals surface area contributed by atoms with Gasteiger partial charge in [0.25, 0.3) is 0 Å². The number of carbonyl (C=O) groups is 2. The molecule has 2 aromatic heterocycles. The lowest BCUT2D eigenvalue weighted by Gasteiger charge is -2.08. The molecule has 0 saturated carbocycles. The molecule has 1 N–H and O–H groups in total. The topological polar surface area (TPSA) is 72.8 Å². The van der Waals surface area contributed by atoms with Crippen LogP contribution in [0.2, 0.25) is 0 Å². The molecule has 0 saturated heterocycles. The highest BCUT2D eigenvalue weighted by molar-refractivity contribution is 9.08. The predicted molar refractivity (Wildman–Crippen MR) is 185 cm³/mol. The molecule has 2 heterocycles. The first kappa shape index (κ1) is 35.2. The van der Waals surface area contributed by atoms with E-state index in [-0.39, 0.29) is 36.8 Å². The number of benzene rings is 4. The van der Waals surface area contributed by atoms with Crippen molar-refractivity contribution in [2.45, 2.75) is 25.8 Å². The smallest absolute Gasteiger partial charge is 0.338 e. The summed E-state index contributed by atoms with van der Waals surface area (Å²) < 4.78 is 67.1. The number of ether oxygens (including phenoxy) is 2. The van der Waals surface area contributed by atoms with Crippen LogP contribution in [0.15, 0.2) is 72.8 Å². The number of fused-ring (bicyclic) bond motifs is 2. The Bertz CT molecular complexity index is 1990. The van der Waals surface area contributed by atoms with Crippen LogP contribution in [-0.4, -0.2) is 30.3 Å². The summed E-state index contributed by atoms with van der Waals surface area (Å²) in [5.41, 5.74) is 2.50. The summed E-state index contributed by atoms with van der Waals surface area (Å²) in [6.45, 7) is 3.56. The predicted octanol–water partition coefficient (Wildman–Crippen LogP) is 10.4. The van der Waals surface area contributed by atoms with Gasteiger partial charge >= 0.3 is 11.9 Å². The van der Waals surface area contributed by atoms with Gasteiger partial charge in [0.1, 0.15) is 23.3 Å². The van der Waals surface area contributed by atoms with Gasteiger partial charge in [-0.05, 0) is 96.8 Å². The van der Waals surface area contributed by atoms with Gasteiger partial charge in [-0.1, -0.05) is 28.1 Å². The molecule has 0 spiro atoms. The first-order valence-corrected chi connectivity index (χ1v) is 17.4. The third kappa shape index (κ3) is 7.62. The molecular weight excluding hydrogens is 732 g/mol. The van der Waals surface area contributed by atoms with Crippen molar-refractivity contribution in [2.75, 3.05) is 13.2 Å². The first-order valence-electron chi connectivity index (χ1n) is 14.6. The molecule has 5 nitrogen and oxygen atoms in total. The number of esters is 2. The highest BCUT2D eigenvalue weighted by Crippen LogP contribution is 2.39. The van der Waals surface area contributed by atoms with Gasteiger partial charge in [-0.3, -0.25) is 0 Å². The monoisotopic (exact) mass is 758 g/mol. The number of alkyl halides is 1. The van der Waals surface area contributed by atoms with Gasteiger partial charge in [0, 0.05) is 35.3 Å². The maximum atomic E-state index is 14.1. The Morgan fingerprint density at radius 1 is 0.667 bits per heavy atom. The number of thiophene rings is 2. The molecule has 0 amide bonds. The normalized spacial score (nSPS) is 11.0. The summed E-state index contributed by atoms with van der Waals surface area (Å²) in [4.78, 5) is 25.3. The molecule has 6 rings (SSSR count). The minimum atomic E-state index is -0.612. The van der Waals surface area contributed by atoms with Gasteiger partial charge in [-0.25, -0.2) is 27.2 Å². The summed E-state index contributed by atoms with van der Waals surface area (Å²) in [6.07, 6.45) is 0. The second kappa shape index (κ2) is 15.4. The van der Waals surface area contributed by atoms with Crippen LogP contribution in [-0.2, 0) is 21.4 Å². The number of hydrogen-bond donors (Lipinski definition) is 1. The number of aliphatic hydroxyl groups is 1. The van der Waals surface area contributed by atoms with Crippen LogP contribution in [0.25, 0.3) is 42.4 Å². The Kier molecular flexibility index (Phi) is 11.3. The van der Waals surface area contributed by atoms with Gasteiger partial charge in [-0.15, -0.1) is 22.7 Å². The van der Waals surface area contributed by atoms with E-state index in [1.165, 1.54) is 53.0 Å². The molecule has 0 aliphatic heterocycles.